The van der Waals surface area contributed by atoms with E-state index in [-0.39, 0.29) is 44.2 Å². The molecule has 1 radical (unpaired) electrons. The molecule has 0 saturated carbocycles. The fourth-order valence-electron chi connectivity index (χ4n) is 0.696. The van der Waals surface area contributed by atoms with Crippen LogP contribution in [0.4, 0.5) is 0 Å². The number of phenols is 2. The molecule has 0 bridgehead atoms. The topological polar surface area (TPSA) is 40.5 Å². The molecular formula is C8H9O2Y-. The fraction of sp³-hybridized carbons (Fsp3) is 0.125. The van der Waals surface area contributed by atoms with Gasteiger partial charge >= 0.3 is 0 Å². The van der Waals surface area contributed by atoms with Gasteiger partial charge in [0.05, 0.1) is 0 Å². The van der Waals surface area contributed by atoms with Gasteiger partial charge in [-0.05, 0) is 12.1 Å². The third-order valence-corrected chi connectivity index (χ3v) is 1.28. The molecule has 0 atom stereocenters. The molecule has 1 rings (SSSR count). The summed E-state index contributed by atoms with van der Waals surface area (Å²) in [6.45, 7) is 1.24. The van der Waals surface area contributed by atoms with Gasteiger partial charge in [0.15, 0.2) is 11.5 Å². The predicted molar refractivity (Wildman–Crippen MR) is 38.8 cm³/mol. The Morgan fingerprint density at radius 3 is 2.64 bits per heavy atom. The standard InChI is InChI=1S/C8H9O2.Y/c1-2-6-3-4-7(9)8(10)5-6;/h3-5,9-10H,1-2H2;/q-1;/i1T;. The van der Waals surface area contributed by atoms with E-state index < -0.39 is 0 Å². The van der Waals surface area contributed by atoms with Crippen LogP contribution in [-0.4, -0.2) is 10.2 Å². The summed E-state index contributed by atoms with van der Waals surface area (Å²) < 4.78 is 6.80. The number of hydrogen-bond acceptors (Lipinski definition) is 2. The molecule has 1 aromatic rings. The Hall–Kier alpha value is -0.0761. The zero-order valence-corrected chi connectivity index (χ0v) is 8.83. The first kappa shape index (κ1) is 9.02. The van der Waals surface area contributed by atoms with Crippen molar-refractivity contribution in [3.05, 3.63) is 30.7 Å². The quantitative estimate of drug-likeness (QED) is 0.594. The largest absolute Gasteiger partial charge is 0.504 e. The van der Waals surface area contributed by atoms with Crippen LogP contribution in [0.5, 0.6) is 11.5 Å². The molecule has 0 saturated heterocycles. The molecule has 2 nitrogen and oxygen atoms in total. The molecule has 0 aromatic heterocycles. The summed E-state index contributed by atoms with van der Waals surface area (Å²) in [6.07, 6.45) is 0.480. The van der Waals surface area contributed by atoms with E-state index in [2.05, 4.69) is 0 Å². The summed E-state index contributed by atoms with van der Waals surface area (Å²) in [7, 11) is 0. The molecule has 0 aliphatic rings. The molecule has 0 unspecified atom stereocenters. The molecule has 0 aliphatic heterocycles. The molecule has 1 aromatic carbocycles. The molecule has 3 heteroatoms. The summed E-state index contributed by atoms with van der Waals surface area (Å²) in [6, 6.07) is 4.52. The first-order chi connectivity index (χ1) is 5.24. The van der Waals surface area contributed by atoms with Gasteiger partial charge < -0.3 is 17.1 Å². The molecule has 0 heterocycles. The minimum absolute atomic E-state index is 0. The maximum absolute atomic E-state index is 9.00. The van der Waals surface area contributed by atoms with Crippen LogP contribution >= 0.6 is 0 Å². The predicted octanol–water partition coefficient (Wildman–Crippen LogP) is 1.47. The van der Waals surface area contributed by atoms with Crippen molar-refractivity contribution in [1.29, 1.82) is 0 Å². The Morgan fingerprint density at radius 1 is 1.36 bits per heavy atom. The van der Waals surface area contributed by atoms with E-state index in [9.17, 15) is 0 Å². The Kier molecular flexibility index (Phi) is 3.88. The van der Waals surface area contributed by atoms with E-state index in [0.29, 0.717) is 6.42 Å². The number of benzene rings is 1. The maximum atomic E-state index is 9.00. The first-order valence-electron chi connectivity index (χ1n) is 3.52. The van der Waals surface area contributed by atoms with Gasteiger partial charge in [0, 0.05) is 32.7 Å². The van der Waals surface area contributed by atoms with E-state index in [1.165, 1.54) is 19.0 Å². The molecule has 2 N–H and O–H groups in total. The smallest absolute Gasteiger partial charge is 0.157 e. The van der Waals surface area contributed by atoms with Crippen molar-refractivity contribution in [1.82, 2.24) is 0 Å². The van der Waals surface area contributed by atoms with Crippen molar-refractivity contribution in [3.63, 3.8) is 0 Å². The minimum Gasteiger partial charge on any atom is -0.504 e. The number of aromatic hydroxyl groups is 2. The molecule has 11 heavy (non-hydrogen) atoms. The van der Waals surface area contributed by atoms with Gasteiger partial charge in [-0.25, -0.2) is 1.37 Å². The van der Waals surface area contributed by atoms with Gasteiger partial charge in [0.1, 0.15) is 0 Å². The van der Waals surface area contributed by atoms with Gasteiger partial charge in [-0.1, -0.05) is 11.6 Å². The average molecular weight is 228 g/mol. The van der Waals surface area contributed by atoms with Crippen molar-refractivity contribution in [3.8, 4) is 11.5 Å². The average Bonchev–Trinajstić information content (AvgIpc) is 1.98. The zero-order valence-electron chi connectivity index (χ0n) is 6.99. The monoisotopic (exact) mass is 228 g/mol. The first-order valence-corrected chi connectivity index (χ1v) is 2.95. The van der Waals surface area contributed by atoms with Gasteiger partial charge in [-0.15, -0.1) is 0 Å². The van der Waals surface area contributed by atoms with E-state index in [4.69, 9.17) is 11.6 Å². The van der Waals surface area contributed by atoms with Crippen LogP contribution in [-0.2, 0) is 39.1 Å². The summed E-state index contributed by atoms with van der Waals surface area (Å²) in [5.74, 6) is -0.261. The van der Waals surface area contributed by atoms with Crippen LogP contribution < -0.4 is 0 Å². The molecule has 0 aliphatic carbocycles. The van der Waals surface area contributed by atoms with Crippen molar-refractivity contribution < 1.29 is 44.3 Å². The van der Waals surface area contributed by atoms with E-state index >= 15 is 0 Å². The van der Waals surface area contributed by atoms with Crippen LogP contribution in [0.2, 0.25) is 0 Å². The van der Waals surface area contributed by atoms with Gasteiger partial charge in [0.2, 0.25) is 0 Å². The molecule has 0 amide bonds. The van der Waals surface area contributed by atoms with Crippen LogP contribution in [0.25, 0.3) is 0 Å². The Labute approximate surface area is 92.5 Å². The van der Waals surface area contributed by atoms with Gasteiger partial charge in [-0.2, -0.15) is 6.42 Å². The third-order valence-electron chi connectivity index (χ3n) is 1.28. The van der Waals surface area contributed by atoms with Gasteiger partial charge in [0.25, 0.3) is 0 Å². The second-order valence-electron chi connectivity index (χ2n) is 2.03. The Balaban J connectivity index is 0.00000121. The van der Waals surface area contributed by atoms with E-state index in [1.807, 2.05) is 0 Å². The second kappa shape index (κ2) is 4.73. The fourth-order valence-corrected chi connectivity index (χ4v) is 0.696. The Morgan fingerprint density at radius 2 is 2.09 bits per heavy atom. The SMILES string of the molecule is [3H][CH-]Cc1ccc(O)c(O)c1.[Y]. The van der Waals surface area contributed by atoms with Crippen LogP contribution in [0, 0.1) is 6.90 Å². The summed E-state index contributed by atoms with van der Waals surface area (Å²) >= 11 is 0. The molecule has 0 spiro atoms. The molecule has 0 fully saturated rings. The molecular weight excluding hydrogens is 217 g/mol. The van der Waals surface area contributed by atoms with Crippen molar-refractivity contribution in [2.45, 2.75) is 6.42 Å². The summed E-state index contributed by atoms with van der Waals surface area (Å²) in [5.41, 5.74) is 0.815. The minimum atomic E-state index is -0.135. The van der Waals surface area contributed by atoms with Crippen molar-refractivity contribution >= 4 is 0 Å². The third kappa shape index (κ3) is 2.80. The second-order valence-corrected chi connectivity index (χ2v) is 2.03. The number of aryl methyl sites for hydroxylation is 1. The normalized spacial score (nSPS) is 10.0. The number of rotatable bonds is 2. The number of hydrogen-bond donors (Lipinski definition) is 2. The Bertz CT molecular complexity index is 253. The van der Waals surface area contributed by atoms with Crippen LogP contribution in [0.3, 0.4) is 0 Å². The van der Waals surface area contributed by atoms with Crippen LogP contribution in [0.15, 0.2) is 18.2 Å². The zero-order chi connectivity index (χ0) is 8.27. The van der Waals surface area contributed by atoms with Gasteiger partial charge in [-0.3, -0.25) is 0 Å². The summed E-state index contributed by atoms with van der Waals surface area (Å²) in [5, 5.41) is 17.9. The number of phenolic OH excluding ortho intramolecular Hbond substituents is 2. The van der Waals surface area contributed by atoms with Crippen molar-refractivity contribution in [2.24, 2.45) is 0 Å². The summed E-state index contributed by atoms with van der Waals surface area (Å²) in [4.78, 5) is 0. The van der Waals surface area contributed by atoms with Crippen LogP contribution in [0.1, 0.15) is 6.93 Å². The molecule has 57 valence electrons. The van der Waals surface area contributed by atoms with E-state index in [0.717, 1.165) is 5.56 Å². The maximum Gasteiger partial charge on any atom is 0.157 e. The van der Waals surface area contributed by atoms with E-state index in [1.54, 1.807) is 6.07 Å². The van der Waals surface area contributed by atoms with Crippen molar-refractivity contribution in [2.75, 3.05) is 0 Å².